The Bertz CT molecular complexity index is 757. The summed E-state index contributed by atoms with van der Waals surface area (Å²) in [6.45, 7) is 3.82. The number of thiophene rings is 1. The van der Waals surface area contributed by atoms with Crippen LogP contribution in [0.25, 0.3) is 11.1 Å². The monoisotopic (exact) mass is 383 g/mol. The van der Waals surface area contributed by atoms with Gasteiger partial charge in [-0.1, -0.05) is 23.7 Å². The van der Waals surface area contributed by atoms with Crippen molar-refractivity contribution in [2.45, 2.75) is 13.8 Å². The number of esters is 2. The van der Waals surface area contributed by atoms with Crippen LogP contribution in [0.4, 0.5) is 5.00 Å². The summed E-state index contributed by atoms with van der Waals surface area (Å²) in [6.07, 6.45) is 0. The molecule has 0 aliphatic heterocycles. The molecule has 134 valence electrons. The first-order valence-electron chi connectivity index (χ1n) is 7.61. The summed E-state index contributed by atoms with van der Waals surface area (Å²) in [4.78, 5) is 23.5. The molecule has 0 unspecified atom stereocenters. The summed E-state index contributed by atoms with van der Waals surface area (Å²) in [6, 6.07) is 6.81. The first-order valence-corrected chi connectivity index (χ1v) is 8.81. The van der Waals surface area contributed by atoms with Crippen LogP contribution < -0.4 is 10.5 Å². The number of ether oxygens (including phenoxy) is 3. The van der Waals surface area contributed by atoms with Gasteiger partial charge in [-0.05, 0) is 31.5 Å². The molecule has 0 fully saturated rings. The van der Waals surface area contributed by atoms with Crippen LogP contribution in [0.3, 0.4) is 0 Å². The van der Waals surface area contributed by atoms with E-state index in [9.17, 15) is 9.59 Å². The summed E-state index contributed by atoms with van der Waals surface area (Å²) in [5, 5.41) is 0.307. The molecule has 25 heavy (non-hydrogen) atoms. The van der Waals surface area contributed by atoms with E-state index in [0.717, 1.165) is 11.3 Å². The molecule has 0 saturated carbocycles. The van der Waals surface area contributed by atoms with Crippen LogP contribution in [0.2, 0.25) is 4.34 Å². The zero-order valence-electron chi connectivity index (χ0n) is 13.8. The SMILES string of the molecule is CCOC(=O)COc1ccc(-c2c(Cl)sc(N)c2C(=O)OCC)cc1. The van der Waals surface area contributed by atoms with Gasteiger partial charge in [0.05, 0.1) is 13.2 Å². The molecule has 0 radical (unpaired) electrons. The Labute approximate surface area is 154 Å². The van der Waals surface area contributed by atoms with Gasteiger partial charge in [0.1, 0.15) is 20.7 Å². The van der Waals surface area contributed by atoms with Crippen molar-refractivity contribution in [1.82, 2.24) is 0 Å². The molecule has 0 atom stereocenters. The van der Waals surface area contributed by atoms with Gasteiger partial charge in [-0.15, -0.1) is 11.3 Å². The average Bonchev–Trinajstić information content (AvgIpc) is 2.88. The molecule has 6 nitrogen and oxygen atoms in total. The third-order valence-corrected chi connectivity index (χ3v) is 4.40. The minimum absolute atomic E-state index is 0.173. The molecule has 0 saturated heterocycles. The number of carbonyl (C=O) groups excluding carboxylic acids is 2. The number of hydrogen-bond acceptors (Lipinski definition) is 7. The Morgan fingerprint density at radius 1 is 1.12 bits per heavy atom. The van der Waals surface area contributed by atoms with Gasteiger partial charge in [-0.25, -0.2) is 9.59 Å². The predicted molar refractivity (Wildman–Crippen MR) is 97.3 cm³/mol. The van der Waals surface area contributed by atoms with Crippen molar-refractivity contribution in [1.29, 1.82) is 0 Å². The van der Waals surface area contributed by atoms with E-state index in [2.05, 4.69) is 0 Å². The highest BCUT2D eigenvalue weighted by atomic mass is 35.5. The summed E-state index contributed by atoms with van der Waals surface area (Å²) in [7, 11) is 0. The first-order chi connectivity index (χ1) is 12.0. The van der Waals surface area contributed by atoms with Crippen molar-refractivity contribution in [3.05, 3.63) is 34.2 Å². The van der Waals surface area contributed by atoms with Crippen molar-refractivity contribution < 1.29 is 23.8 Å². The molecule has 2 aromatic rings. The lowest BCUT2D eigenvalue weighted by Gasteiger charge is -2.08. The number of carbonyl (C=O) groups is 2. The molecule has 1 heterocycles. The topological polar surface area (TPSA) is 87.9 Å². The maximum absolute atomic E-state index is 12.1. The fourth-order valence-electron chi connectivity index (χ4n) is 2.15. The lowest BCUT2D eigenvalue weighted by Crippen LogP contribution is -2.14. The van der Waals surface area contributed by atoms with Gasteiger partial charge >= 0.3 is 11.9 Å². The minimum Gasteiger partial charge on any atom is -0.482 e. The Balaban J connectivity index is 2.22. The van der Waals surface area contributed by atoms with E-state index < -0.39 is 11.9 Å². The van der Waals surface area contributed by atoms with Gasteiger partial charge in [0.2, 0.25) is 0 Å². The van der Waals surface area contributed by atoms with Crippen molar-refractivity contribution >= 4 is 39.9 Å². The van der Waals surface area contributed by atoms with Crippen LogP contribution in [-0.2, 0) is 14.3 Å². The Kier molecular flexibility index (Phi) is 6.66. The number of rotatable bonds is 7. The highest BCUT2D eigenvalue weighted by molar-refractivity contribution is 7.20. The summed E-state index contributed by atoms with van der Waals surface area (Å²) in [5.74, 6) is -0.459. The number of benzene rings is 1. The molecule has 0 amide bonds. The predicted octanol–water partition coefficient (Wildman–Crippen LogP) is 3.77. The van der Waals surface area contributed by atoms with Crippen LogP contribution in [-0.4, -0.2) is 31.8 Å². The van der Waals surface area contributed by atoms with Crippen molar-refractivity contribution in [3.8, 4) is 16.9 Å². The molecule has 0 aliphatic carbocycles. The van der Waals surface area contributed by atoms with Gasteiger partial charge in [0.25, 0.3) is 0 Å². The largest absolute Gasteiger partial charge is 0.482 e. The van der Waals surface area contributed by atoms with E-state index in [4.69, 9.17) is 31.5 Å². The van der Waals surface area contributed by atoms with E-state index in [0.29, 0.717) is 32.8 Å². The van der Waals surface area contributed by atoms with Crippen molar-refractivity contribution in [2.75, 3.05) is 25.6 Å². The normalized spacial score (nSPS) is 10.4. The number of hydrogen-bond donors (Lipinski definition) is 1. The third-order valence-electron chi connectivity index (χ3n) is 3.18. The summed E-state index contributed by atoms with van der Waals surface area (Å²) in [5.41, 5.74) is 7.39. The number of nitrogens with two attached hydrogens (primary N) is 1. The zero-order valence-corrected chi connectivity index (χ0v) is 15.4. The molecule has 0 bridgehead atoms. The van der Waals surface area contributed by atoms with Crippen LogP contribution in [0.15, 0.2) is 24.3 Å². The van der Waals surface area contributed by atoms with Crippen LogP contribution in [0.5, 0.6) is 5.75 Å². The van der Waals surface area contributed by atoms with Crippen LogP contribution in [0, 0.1) is 0 Å². The van der Waals surface area contributed by atoms with Crippen LogP contribution >= 0.6 is 22.9 Å². The van der Waals surface area contributed by atoms with Gasteiger partial charge in [-0.2, -0.15) is 0 Å². The molecule has 8 heteroatoms. The van der Waals surface area contributed by atoms with E-state index in [1.54, 1.807) is 38.1 Å². The van der Waals surface area contributed by atoms with Gasteiger partial charge in [-0.3, -0.25) is 0 Å². The number of halogens is 1. The van der Waals surface area contributed by atoms with Crippen molar-refractivity contribution in [3.63, 3.8) is 0 Å². The maximum Gasteiger partial charge on any atom is 0.344 e. The number of anilines is 1. The second-order valence-electron chi connectivity index (χ2n) is 4.83. The summed E-state index contributed by atoms with van der Waals surface area (Å²) < 4.78 is 15.6. The van der Waals surface area contributed by atoms with Gasteiger partial charge in [0.15, 0.2) is 6.61 Å². The fraction of sp³-hybridized carbons (Fsp3) is 0.294. The highest BCUT2D eigenvalue weighted by Crippen LogP contribution is 2.42. The second kappa shape index (κ2) is 8.73. The standard InChI is InChI=1S/C17H18ClNO5S/c1-3-22-12(20)9-24-11-7-5-10(6-8-11)13-14(17(21)23-4-2)16(19)25-15(13)18/h5-8H,3-4,9,19H2,1-2H3. The van der Waals surface area contributed by atoms with Gasteiger partial charge < -0.3 is 19.9 Å². The molecule has 2 N–H and O–H groups in total. The summed E-state index contributed by atoms with van der Waals surface area (Å²) >= 11 is 7.36. The van der Waals surface area contributed by atoms with E-state index >= 15 is 0 Å². The van der Waals surface area contributed by atoms with E-state index in [1.165, 1.54) is 0 Å². The zero-order chi connectivity index (χ0) is 18.4. The van der Waals surface area contributed by atoms with Crippen molar-refractivity contribution in [2.24, 2.45) is 0 Å². The van der Waals surface area contributed by atoms with Crippen LogP contribution in [0.1, 0.15) is 24.2 Å². The van der Waals surface area contributed by atoms with E-state index in [1.807, 2.05) is 0 Å². The smallest absolute Gasteiger partial charge is 0.344 e. The molecule has 0 spiro atoms. The maximum atomic E-state index is 12.1. The Hall–Kier alpha value is -2.25. The third kappa shape index (κ3) is 4.64. The number of nitrogen functional groups attached to an aromatic ring is 1. The van der Waals surface area contributed by atoms with Gasteiger partial charge in [0, 0.05) is 5.56 Å². The molecular weight excluding hydrogens is 366 g/mol. The lowest BCUT2D eigenvalue weighted by atomic mass is 10.0. The second-order valence-corrected chi connectivity index (χ2v) is 6.48. The molecule has 2 rings (SSSR count). The van der Waals surface area contributed by atoms with E-state index in [-0.39, 0.29) is 18.8 Å². The lowest BCUT2D eigenvalue weighted by molar-refractivity contribution is -0.145. The molecule has 0 aliphatic rings. The Morgan fingerprint density at radius 2 is 1.76 bits per heavy atom. The molecular formula is C17H18ClNO5S. The first kappa shape index (κ1) is 19.1. The fourth-order valence-corrected chi connectivity index (χ4v) is 3.40. The molecule has 1 aromatic carbocycles. The minimum atomic E-state index is -0.513. The Morgan fingerprint density at radius 3 is 2.36 bits per heavy atom. The highest BCUT2D eigenvalue weighted by Gasteiger charge is 2.23. The molecule has 1 aromatic heterocycles. The quantitative estimate of drug-likeness (QED) is 0.732. The average molecular weight is 384 g/mol.